The van der Waals surface area contributed by atoms with Crippen molar-refractivity contribution in [2.24, 2.45) is 17.2 Å². The smallest absolute Gasteiger partial charge is 0.217 e. The number of amides is 3. The Morgan fingerprint density at radius 2 is 0.394 bits per heavy atom. The molecule has 0 aliphatic carbocycles. The van der Waals surface area contributed by atoms with Gasteiger partial charge in [-0.25, -0.2) is 0 Å². The summed E-state index contributed by atoms with van der Waals surface area (Å²) in [5, 5.41) is 0. The van der Waals surface area contributed by atoms with E-state index in [9.17, 15) is 14.4 Å². The number of carbonyl (C=O) groups excluding carboxylic acids is 3. The van der Waals surface area contributed by atoms with Crippen molar-refractivity contribution in [1.82, 2.24) is 0 Å². The minimum absolute atomic E-state index is 0.212. The fraction of sp³-hybridized carbons (Fsp3) is 0.550. The molecule has 0 spiro atoms. The number of unbranched alkanes of at least 4 members (excludes halogenated alkanes) is 12. The highest BCUT2D eigenvalue weighted by molar-refractivity contribution is 5.74. The highest BCUT2D eigenvalue weighted by Crippen LogP contribution is 2.05. The predicted molar refractivity (Wildman–Crippen MR) is 293 cm³/mol. The molecule has 0 atom stereocenters. The molecule has 0 aromatic heterocycles. The van der Waals surface area contributed by atoms with Crippen LogP contribution in [0.2, 0.25) is 0 Å². The average Bonchev–Trinajstić information content (AvgIpc) is 3.29. The first-order valence-corrected chi connectivity index (χ1v) is 26.0. The van der Waals surface area contributed by atoms with Gasteiger partial charge < -0.3 is 17.2 Å². The molecule has 0 fully saturated rings. The van der Waals surface area contributed by atoms with Crippen LogP contribution in [0.3, 0.4) is 0 Å². The third kappa shape index (κ3) is 73.7. The summed E-state index contributed by atoms with van der Waals surface area (Å²) < 4.78 is 0. The van der Waals surface area contributed by atoms with E-state index in [0.29, 0.717) is 19.3 Å². The van der Waals surface area contributed by atoms with Gasteiger partial charge in [-0.1, -0.05) is 205 Å². The van der Waals surface area contributed by atoms with E-state index < -0.39 is 0 Å². The molecule has 0 rings (SSSR count). The van der Waals surface area contributed by atoms with E-state index in [2.05, 4.69) is 167 Å². The number of hydrogen-bond acceptors (Lipinski definition) is 3. The molecule has 3 amide bonds. The zero-order valence-corrected chi connectivity index (χ0v) is 42.5. The standard InChI is InChI=1S/3C20H33NO/c3*1-2-3-4-5-6-7-8-9-10-11-12-13-14-15-16-17-18-19-20(21)22/h3*6-7,9-10,12-13,15-16H,2-5,8,11,14,17-19H2,1H3,(H2,21,22). The summed E-state index contributed by atoms with van der Waals surface area (Å²) in [5.41, 5.74) is 15.2. The Balaban J connectivity index is -0.000000902. The maximum atomic E-state index is 10.5. The van der Waals surface area contributed by atoms with E-state index in [1.807, 2.05) is 0 Å². The fourth-order valence-corrected chi connectivity index (χ4v) is 5.87. The Bertz CT molecular complexity index is 1260. The summed E-state index contributed by atoms with van der Waals surface area (Å²) in [7, 11) is 0. The van der Waals surface area contributed by atoms with Gasteiger partial charge in [-0.05, 0) is 135 Å². The quantitative estimate of drug-likeness (QED) is 0.0416. The lowest BCUT2D eigenvalue weighted by atomic mass is 10.2. The molecule has 6 nitrogen and oxygen atoms in total. The van der Waals surface area contributed by atoms with Crippen molar-refractivity contribution in [3.63, 3.8) is 0 Å². The van der Waals surface area contributed by atoms with Crippen molar-refractivity contribution in [2.45, 2.75) is 213 Å². The van der Waals surface area contributed by atoms with E-state index in [1.54, 1.807) is 0 Å². The molecule has 0 saturated carbocycles. The van der Waals surface area contributed by atoms with Gasteiger partial charge in [0.15, 0.2) is 0 Å². The van der Waals surface area contributed by atoms with Gasteiger partial charge in [0, 0.05) is 19.3 Å². The van der Waals surface area contributed by atoms with Crippen LogP contribution < -0.4 is 17.2 Å². The largest absolute Gasteiger partial charge is 0.370 e. The first-order valence-electron chi connectivity index (χ1n) is 26.0. The maximum absolute atomic E-state index is 10.5. The van der Waals surface area contributed by atoms with Gasteiger partial charge >= 0.3 is 0 Å². The van der Waals surface area contributed by atoms with Gasteiger partial charge in [-0.2, -0.15) is 0 Å². The third-order valence-electron chi connectivity index (χ3n) is 9.75. The summed E-state index contributed by atoms with van der Waals surface area (Å²) in [6.07, 6.45) is 84.1. The van der Waals surface area contributed by atoms with Crippen molar-refractivity contribution in [1.29, 1.82) is 0 Å². The second-order valence-corrected chi connectivity index (χ2v) is 16.3. The van der Waals surface area contributed by atoms with E-state index >= 15 is 0 Å². The van der Waals surface area contributed by atoms with E-state index in [-0.39, 0.29) is 17.7 Å². The van der Waals surface area contributed by atoms with Crippen LogP contribution in [-0.2, 0) is 14.4 Å². The van der Waals surface area contributed by atoms with Crippen molar-refractivity contribution < 1.29 is 14.4 Å². The number of hydrogen-bond donors (Lipinski definition) is 3. The highest BCUT2D eigenvalue weighted by Gasteiger charge is 1.92. The highest BCUT2D eigenvalue weighted by atomic mass is 16.1. The molecule has 0 radical (unpaired) electrons. The van der Waals surface area contributed by atoms with Crippen molar-refractivity contribution in [3.05, 3.63) is 146 Å². The van der Waals surface area contributed by atoms with Crippen LogP contribution in [0.5, 0.6) is 0 Å². The van der Waals surface area contributed by atoms with Crippen LogP contribution in [0.25, 0.3) is 0 Å². The Hall–Kier alpha value is -4.71. The Morgan fingerprint density at radius 1 is 0.242 bits per heavy atom. The molecule has 372 valence electrons. The minimum Gasteiger partial charge on any atom is -0.370 e. The topological polar surface area (TPSA) is 129 Å². The molecule has 0 aliphatic rings. The first-order chi connectivity index (χ1) is 32.3. The van der Waals surface area contributed by atoms with E-state index in [1.165, 1.54) is 77.0 Å². The van der Waals surface area contributed by atoms with Gasteiger partial charge in [0.05, 0.1) is 0 Å². The molecule has 66 heavy (non-hydrogen) atoms. The number of carbonyl (C=O) groups is 3. The number of primary amides is 3. The molecular formula is C60H99N3O3. The minimum atomic E-state index is -0.212. The Morgan fingerprint density at radius 3 is 0.545 bits per heavy atom. The second kappa shape index (κ2) is 62.4. The molecule has 0 aromatic rings. The monoisotopic (exact) mass is 910 g/mol. The van der Waals surface area contributed by atoms with Crippen molar-refractivity contribution >= 4 is 17.7 Å². The van der Waals surface area contributed by atoms with Crippen LogP contribution in [0.15, 0.2) is 146 Å². The van der Waals surface area contributed by atoms with Crippen LogP contribution in [0.1, 0.15) is 213 Å². The van der Waals surface area contributed by atoms with Crippen LogP contribution in [0.4, 0.5) is 0 Å². The zero-order valence-electron chi connectivity index (χ0n) is 42.5. The zero-order chi connectivity index (χ0) is 48.9. The molecule has 0 unspecified atom stereocenters. The lowest BCUT2D eigenvalue weighted by Crippen LogP contribution is -2.09. The summed E-state index contributed by atoms with van der Waals surface area (Å²) in [4.78, 5) is 31.6. The summed E-state index contributed by atoms with van der Waals surface area (Å²) >= 11 is 0. The van der Waals surface area contributed by atoms with E-state index in [4.69, 9.17) is 17.2 Å². The van der Waals surface area contributed by atoms with Crippen LogP contribution in [-0.4, -0.2) is 17.7 Å². The van der Waals surface area contributed by atoms with Gasteiger partial charge in [0.25, 0.3) is 0 Å². The summed E-state index contributed by atoms with van der Waals surface area (Å²) in [6, 6.07) is 0. The van der Waals surface area contributed by atoms with Gasteiger partial charge in [0.2, 0.25) is 17.7 Å². The molecule has 0 aliphatic heterocycles. The predicted octanol–water partition coefficient (Wildman–Crippen LogP) is 16.9. The third-order valence-corrected chi connectivity index (χ3v) is 9.75. The number of rotatable bonds is 42. The maximum Gasteiger partial charge on any atom is 0.217 e. The van der Waals surface area contributed by atoms with Gasteiger partial charge in [-0.3, -0.25) is 14.4 Å². The van der Waals surface area contributed by atoms with Crippen LogP contribution >= 0.6 is 0 Å². The van der Waals surface area contributed by atoms with Gasteiger partial charge in [0.1, 0.15) is 0 Å². The molecule has 6 heteroatoms. The number of allylic oxidation sites excluding steroid dienone is 24. The summed E-state index contributed by atoms with van der Waals surface area (Å²) in [6.45, 7) is 6.71. The molecule has 0 heterocycles. The molecule has 6 N–H and O–H groups in total. The molecule has 0 saturated heterocycles. The van der Waals surface area contributed by atoms with Gasteiger partial charge in [-0.15, -0.1) is 0 Å². The normalized spacial score (nSPS) is 12.4. The van der Waals surface area contributed by atoms with E-state index in [0.717, 1.165) is 96.3 Å². The first kappa shape index (κ1) is 65.6. The summed E-state index contributed by atoms with van der Waals surface area (Å²) in [5.74, 6) is -0.636. The second-order valence-electron chi connectivity index (χ2n) is 16.3. The molecular weight excluding hydrogens is 811 g/mol. The SMILES string of the molecule is CCCCCC=CCC=CCC=CCC=CCCCC(N)=O.CCCCCC=CCC=CCC=CCC=CCCCC(N)=O.CCCCCC=CCC=CCC=CCC=CCCCC(N)=O. The molecule has 0 bridgehead atoms. The van der Waals surface area contributed by atoms with Crippen molar-refractivity contribution in [2.75, 3.05) is 0 Å². The average molecular weight is 910 g/mol. The Labute approximate surface area is 407 Å². The lowest BCUT2D eigenvalue weighted by Gasteiger charge is -1.91. The van der Waals surface area contributed by atoms with Crippen LogP contribution in [0, 0.1) is 0 Å². The van der Waals surface area contributed by atoms with Crippen molar-refractivity contribution in [3.8, 4) is 0 Å². The molecule has 0 aromatic carbocycles. The Kier molecular flexibility index (Phi) is 62.0. The number of nitrogens with two attached hydrogens (primary N) is 3. The lowest BCUT2D eigenvalue weighted by molar-refractivity contribution is -0.118. The fourth-order valence-electron chi connectivity index (χ4n) is 5.87.